The molecule has 4 aliphatic rings. The molecule has 68 heavy (non-hydrogen) atoms. The normalized spacial score (nSPS) is 22.7. The molecular weight excluding hydrogens is 883 g/mol. The second kappa shape index (κ2) is 19.1. The first-order chi connectivity index (χ1) is 32.5. The summed E-state index contributed by atoms with van der Waals surface area (Å²) >= 11 is 0. The number of aromatic amines is 1. The molecule has 2 saturated carbocycles. The lowest BCUT2D eigenvalue weighted by Gasteiger charge is -2.58. The lowest BCUT2D eigenvalue weighted by molar-refractivity contribution is -0.384. The van der Waals surface area contributed by atoms with Crippen LogP contribution in [0.3, 0.4) is 0 Å². The Hall–Kier alpha value is -5.62. The van der Waals surface area contributed by atoms with Gasteiger partial charge in [-0.3, -0.25) is 24.7 Å². The first kappa shape index (κ1) is 47.4. The third-order valence-corrected chi connectivity index (χ3v) is 16.6. The van der Waals surface area contributed by atoms with Gasteiger partial charge in [0.05, 0.1) is 28.5 Å². The minimum atomic E-state index is -4.64. The average Bonchev–Trinajstić information content (AvgIpc) is 3.78. The molecule has 16 nitrogen and oxygen atoms in total. The zero-order valence-electron chi connectivity index (χ0n) is 39.8. The molecule has 1 amide bonds. The van der Waals surface area contributed by atoms with E-state index in [1.54, 1.807) is 31.3 Å². The first-order valence-electron chi connectivity index (χ1n) is 24.2. The summed E-state index contributed by atoms with van der Waals surface area (Å²) in [5, 5.41) is 26.3. The van der Waals surface area contributed by atoms with E-state index in [0.29, 0.717) is 54.8 Å². The van der Waals surface area contributed by atoms with E-state index in [-0.39, 0.29) is 28.5 Å². The van der Waals surface area contributed by atoms with Gasteiger partial charge in [-0.2, -0.15) is 0 Å². The maximum atomic E-state index is 14.0. The Morgan fingerprint density at radius 2 is 1.72 bits per heavy atom. The van der Waals surface area contributed by atoms with Crippen LogP contribution in [0.5, 0.6) is 11.5 Å². The standard InChI is InChI=1S/C51H65N9O7S/c1-33(2)41-8-6-7-9-42(41)45-32-58(34(3)4)22-23-59(45)38-27-51(28-38)17-20-57(21-18-51)37-10-11-43(46(25-37)67-39-24-36-14-19-52-47(36)54-30-39)49(61)56-68(65,66)40-26-44(60(63)64)48(55-31-40)53-29-35-12-15-50(5,62)16-13-35/h6-11,14,19,24-26,30-31,33-35,38,45,62H,12-13,15-18,20-23,27-29,32H2,1-5H3,(H,52,54)(H,53,55)(H,56,61)/t35-,45-,50-/m1/s1. The van der Waals surface area contributed by atoms with Gasteiger partial charge in [-0.15, -0.1) is 0 Å². The van der Waals surface area contributed by atoms with Crippen LogP contribution in [0.15, 0.2) is 84.1 Å². The van der Waals surface area contributed by atoms with Gasteiger partial charge in [0.2, 0.25) is 5.82 Å². The van der Waals surface area contributed by atoms with Gasteiger partial charge in [0, 0.05) is 86.8 Å². The van der Waals surface area contributed by atoms with E-state index in [1.165, 1.54) is 30.2 Å². The van der Waals surface area contributed by atoms with Crippen molar-refractivity contribution in [2.45, 2.75) is 121 Å². The smallest absolute Gasteiger partial charge is 0.312 e. The highest BCUT2D eigenvalue weighted by atomic mass is 32.2. The molecule has 1 atom stereocenters. The summed E-state index contributed by atoms with van der Waals surface area (Å²) in [6.45, 7) is 16.2. The number of nitro groups is 1. The molecule has 0 bridgehead atoms. The molecule has 2 saturated heterocycles. The second-order valence-electron chi connectivity index (χ2n) is 20.6. The Kier molecular flexibility index (Phi) is 13.3. The quantitative estimate of drug-likeness (QED) is 0.0609. The molecule has 1 spiro atoms. The van der Waals surface area contributed by atoms with Crippen LogP contribution < -0.4 is 19.7 Å². The van der Waals surface area contributed by atoms with Crippen molar-refractivity contribution in [2.24, 2.45) is 11.3 Å². The number of fused-ring (bicyclic) bond motifs is 1. The first-order valence-corrected chi connectivity index (χ1v) is 25.7. The second-order valence-corrected chi connectivity index (χ2v) is 22.3. The number of carbonyl (C=O) groups excluding carboxylic acids is 1. The summed E-state index contributed by atoms with van der Waals surface area (Å²) in [5.41, 5.74) is 3.38. The number of amides is 1. The predicted molar refractivity (Wildman–Crippen MR) is 263 cm³/mol. The molecule has 0 radical (unpaired) electrons. The molecule has 17 heteroatoms. The topological polar surface area (TPSA) is 199 Å². The van der Waals surface area contributed by atoms with Gasteiger partial charge in [0.1, 0.15) is 22.0 Å². The van der Waals surface area contributed by atoms with Gasteiger partial charge in [-0.1, -0.05) is 38.1 Å². The molecule has 362 valence electrons. The van der Waals surface area contributed by atoms with Crippen LogP contribution in [0.25, 0.3) is 11.0 Å². The van der Waals surface area contributed by atoms with Crippen molar-refractivity contribution in [1.29, 1.82) is 0 Å². The van der Waals surface area contributed by atoms with Crippen LogP contribution in [-0.4, -0.2) is 106 Å². The predicted octanol–water partition coefficient (Wildman–Crippen LogP) is 8.77. The maximum Gasteiger partial charge on any atom is 0.312 e. The molecule has 5 heterocycles. The zero-order chi connectivity index (χ0) is 48.0. The number of rotatable bonds is 14. The molecule has 2 aliphatic carbocycles. The highest BCUT2D eigenvalue weighted by molar-refractivity contribution is 7.90. The van der Waals surface area contributed by atoms with Gasteiger partial charge in [-0.05, 0) is 125 Å². The Balaban J connectivity index is 0.900. The molecule has 5 aromatic rings. The van der Waals surface area contributed by atoms with Crippen LogP contribution in [0.4, 0.5) is 17.2 Å². The number of sulfonamides is 1. The van der Waals surface area contributed by atoms with Crippen LogP contribution in [-0.2, 0) is 10.0 Å². The van der Waals surface area contributed by atoms with E-state index >= 15 is 0 Å². The van der Waals surface area contributed by atoms with E-state index in [0.717, 1.165) is 81.7 Å². The number of piperidine rings is 1. The largest absolute Gasteiger partial charge is 0.455 e. The van der Waals surface area contributed by atoms with E-state index in [2.05, 4.69) is 91.7 Å². The molecule has 2 aromatic carbocycles. The van der Waals surface area contributed by atoms with Crippen molar-refractivity contribution in [3.63, 3.8) is 0 Å². The number of H-pyrrole nitrogens is 1. The third kappa shape index (κ3) is 10.1. The maximum absolute atomic E-state index is 14.0. The lowest BCUT2D eigenvalue weighted by Crippen LogP contribution is -2.60. The number of anilines is 2. The number of hydrogen-bond donors (Lipinski definition) is 4. The Morgan fingerprint density at radius 1 is 0.971 bits per heavy atom. The lowest BCUT2D eigenvalue weighted by atomic mass is 9.59. The zero-order valence-corrected chi connectivity index (χ0v) is 40.6. The molecular formula is C51H65N9O7S. The van der Waals surface area contributed by atoms with Crippen LogP contribution in [0, 0.1) is 21.4 Å². The molecule has 2 aliphatic heterocycles. The van der Waals surface area contributed by atoms with Gasteiger partial charge in [-0.25, -0.2) is 23.1 Å². The highest BCUT2D eigenvalue weighted by Crippen LogP contribution is 2.53. The minimum Gasteiger partial charge on any atom is -0.455 e. The number of aliphatic hydroxyl groups is 1. The van der Waals surface area contributed by atoms with Crippen molar-refractivity contribution in [1.82, 2.24) is 29.5 Å². The van der Waals surface area contributed by atoms with Crippen molar-refractivity contribution in [3.8, 4) is 11.5 Å². The average molecular weight is 948 g/mol. The van der Waals surface area contributed by atoms with Crippen molar-refractivity contribution in [2.75, 3.05) is 49.5 Å². The number of ether oxygens (including phenoxy) is 1. The number of piperazine rings is 1. The molecule has 3 aromatic heterocycles. The molecule has 0 unspecified atom stereocenters. The van der Waals surface area contributed by atoms with Crippen molar-refractivity contribution >= 4 is 44.2 Å². The Bertz CT molecular complexity index is 2750. The summed E-state index contributed by atoms with van der Waals surface area (Å²) < 4.78 is 36.0. The number of nitrogens with zero attached hydrogens (tertiary/aromatic N) is 6. The Morgan fingerprint density at radius 3 is 2.44 bits per heavy atom. The summed E-state index contributed by atoms with van der Waals surface area (Å²) in [6.07, 6.45) is 11.4. The Labute approximate surface area is 399 Å². The van der Waals surface area contributed by atoms with E-state index in [9.17, 15) is 28.4 Å². The summed E-state index contributed by atoms with van der Waals surface area (Å²) in [5.74, 6) is 0.0660. The number of carbonyl (C=O) groups is 1. The van der Waals surface area contributed by atoms with Crippen molar-refractivity contribution < 1.29 is 28.0 Å². The molecule has 4 N–H and O–H groups in total. The fourth-order valence-corrected chi connectivity index (χ4v) is 12.0. The monoisotopic (exact) mass is 947 g/mol. The van der Waals surface area contributed by atoms with E-state index in [4.69, 9.17) is 4.74 Å². The van der Waals surface area contributed by atoms with Crippen LogP contribution in [0.2, 0.25) is 0 Å². The van der Waals surface area contributed by atoms with Gasteiger partial charge in [0.15, 0.2) is 0 Å². The highest BCUT2D eigenvalue weighted by Gasteiger charge is 2.50. The SMILES string of the molecule is CC(C)c1ccccc1[C@H]1CN(C(C)C)CCN1C1CC2(CCN(c3ccc(C(=O)NS(=O)(=O)c4cnc(NC[C@H]5CC[C@](C)(O)CC5)c([N+](=O)[O-])c4)c(Oc4cnc5[nH]ccc5c4)c3)CC2)C1. The number of nitrogens with one attached hydrogen (secondary N) is 3. The summed E-state index contributed by atoms with van der Waals surface area (Å²) in [4.78, 5) is 44.3. The van der Waals surface area contributed by atoms with E-state index < -0.39 is 37.0 Å². The summed E-state index contributed by atoms with van der Waals surface area (Å²) in [7, 11) is -4.64. The van der Waals surface area contributed by atoms with E-state index in [1.807, 2.05) is 12.1 Å². The number of hydrogen-bond acceptors (Lipinski definition) is 13. The van der Waals surface area contributed by atoms with Crippen LogP contribution in [0.1, 0.15) is 119 Å². The molecule has 9 rings (SSSR count). The fourth-order valence-electron chi connectivity index (χ4n) is 11.1. The van der Waals surface area contributed by atoms with Gasteiger partial charge < -0.3 is 25.0 Å². The molecule has 4 fully saturated rings. The number of pyridine rings is 2. The van der Waals surface area contributed by atoms with Crippen LogP contribution >= 0.6 is 0 Å². The fraction of sp³-hybridized carbons (Fsp3) is 0.510. The number of aromatic nitrogens is 3. The van der Waals surface area contributed by atoms with Gasteiger partial charge in [0.25, 0.3) is 15.9 Å². The van der Waals surface area contributed by atoms with Gasteiger partial charge >= 0.3 is 5.69 Å². The summed E-state index contributed by atoms with van der Waals surface area (Å²) in [6, 6.07) is 20.1. The number of benzene rings is 2. The minimum absolute atomic E-state index is 0.0415. The van der Waals surface area contributed by atoms with Crippen molar-refractivity contribution in [3.05, 3.63) is 106 Å². The third-order valence-electron chi connectivity index (χ3n) is 15.3.